The molecule has 4 aromatic rings. The molecule has 9 heteroatoms. The van der Waals surface area contributed by atoms with Gasteiger partial charge in [0.2, 0.25) is 5.95 Å². The molecule has 36 heavy (non-hydrogen) atoms. The minimum absolute atomic E-state index is 0.0190. The van der Waals surface area contributed by atoms with Crippen molar-refractivity contribution >= 4 is 22.8 Å². The topological polar surface area (TPSA) is 83.8 Å². The van der Waals surface area contributed by atoms with Gasteiger partial charge in [-0.15, -0.1) is 0 Å². The Balaban J connectivity index is 1.27. The zero-order valence-corrected chi connectivity index (χ0v) is 21.0. The standard InChI is InChI=1S/C27H31FN8/c1-17-12-19(13-21-24(17)33-23-6-7-27(2,3)36(21)23)25-20(28)15-31-26(34-25)32-22-5-4-18(14-30-22)16-35-10-8-29-9-11-35/h4-5,12-15,29H,6-11,16H2,1-3H3,(H,30,31,32,34). The second-order valence-corrected chi connectivity index (χ2v) is 10.4. The molecule has 0 atom stereocenters. The Morgan fingerprint density at radius 2 is 1.92 bits per heavy atom. The van der Waals surface area contributed by atoms with Crippen LogP contribution in [0.4, 0.5) is 16.2 Å². The van der Waals surface area contributed by atoms with Crippen molar-refractivity contribution in [1.82, 2.24) is 34.7 Å². The number of hydrogen-bond acceptors (Lipinski definition) is 7. The van der Waals surface area contributed by atoms with E-state index < -0.39 is 5.82 Å². The number of benzene rings is 1. The Hall–Kier alpha value is -3.43. The second-order valence-electron chi connectivity index (χ2n) is 10.4. The summed E-state index contributed by atoms with van der Waals surface area (Å²) in [6.07, 6.45) is 5.08. The summed E-state index contributed by atoms with van der Waals surface area (Å²) in [6, 6.07) is 7.93. The van der Waals surface area contributed by atoms with E-state index in [2.05, 4.69) is 55.0 Å². The Morgan fingerprint density at radius 3 is 2.69 bits per heavy atom. The van der Waals surface area contributed by atoms with Crippen LogP contribution < -0.4 is 10.6 Å². The smallest absolute Gasteiger partial charge is 0.229 e. The number of pyridine rings is 1. The molecule has 2 aliphatic rings. The van der Waals surface area contributed by atoms with Crippen molar-refractivity contribution in [2.75, 3.05) is 31.5 Å². The van der Waals surface area contributed by atoms with Crippen LogP contribution in [0, 0.1) is 12.7 Å². The Morgan fingerprint density at radius 1 is 1.08 bits per heavy atom. The summed E-state index contributed by atoms with van der Waals surface area (Å²) in [6.45, 7) is 11.5. The summed E-state index contributed by atoms with van der Waals surface area (Å²) in [4.78, 5) is 20.5. The number of aryl methyl sites for hydroxylation is 2. The van der Waals surface area contributed by atoms with Crippen molar-refractivity contribution < 1.29 is 4.39 Å². The van der Waals surface area contributed by atoms with Crippen molar-refractivity contribution in [2.24, 2.45) is 0 Å². The summed E-state index contributed by atoms with van der Waals surface area (Å²) in [5.41, 5.74) is 5.12. The van der Waals surface area contributed by atoms with E-state index in [1.54, 1.807) is 0 Å². The minimum atomic E-state index is -0.459. The molecule has 1 aromatic carbocycles. The molecule has 1 fully saturated rings. The van der Waals surface area contributed by atoms with Crippen LogP contribution >= 0.6 is 0 Å². The normalized spacial score (nSPS) is 17.4. The molecule has 0 amide bonds. The van der Waals surface area contributed by atoms with Crippen LogP contribution in [0.1, 0.15) is 37.2 Å². The number of fused-ring (bicyclic) bond motifs is 3. The summed E-state index contributed by atoms with van der Waals surface area (Å²) < 4.78 is 17.2. The predicted molar refractivity (Wildman–Crippen MR) is 139 cm³/mol. The van der Waals surface area contributed by atoms with Crippen LogP contribution in [-0.2, 0) is 18.5 Å². The van der Waals surface area contributed by atoms with E-state index in [-0.39, 0.29) is 11.2 Å². The molecule has 2 N–H and O–H groups in total. The predicted octanol–water partition coefficient (Wildman–Crippen LogP) is 4.17. The summed E-state index contributed by atoms with van der Waals surface area (Å²) in [5, 5.41) is 6.50. The van der Waals surface area contributed by atoms with Crippen LogP contribution in [-0.4, -0.2) is 55.6 Å². The zero-order chi connectivity index (χ0) is 24.9. The number of nitrogens with zero attached hydrogens (tertiary/aromatic N) is 6. The highest BCUT2D eigenvalue weighted by atomic mass is 19.1. The van der Waals surface area contributed by atoms with Crippen molar-refractivity contribution in [3.63, 3.8) is 0 Å². The third-order valence-electron chi connectivity index (χ3n) is 7.28. The number of anilines is 2. The van der Waals surface area contributed by atoms with Crippen LogP contribution in [0.3, 0.4) is 0 Å². The average Bonchev–Trinajstić information content (AvgIpc) is 3.40. The van der Waals surface area contributed by atoms with E-state index in [0.29, 0.717) is 17.3 Å². The van der Waals surface area contributed by atoms with Gasteiger partial charge >= 0.3 is 0 Å². The molecule has 0 spiro atoms. The number of rotatable bonds is 5. The van der Waals surface area contributed by atoms with Gasteiger partial charge in [-0.2, -0.15) is 0 Å². The molecule has 1 saturated heterocycles. The lowest BCUT2D eigenvalue weighted by atomic mass is 10.0. The highest BCUT2D eigenvalue weighted by molar-refractivity contribution is 5.86. The first-order chi connectivity index (χ1) is 17.4. The summed E-state index contributed by atoms with van der Waals surface area (Å²) in [7, 11) is 0. The van der Waals surface area contributed by atoms with Gasteiger partial charge in [0.25, 0.3) is 0 Å². The van der Waals surface area contributed by atoms with Gasteiger partial charge in [0, 0.05) is 56.4 Å². The number of aromatic nitrogens is 5. The number of nitrogens with one attached hydrogen (secondary N) is 2. The number of halogens is 1. The molecule has 5 heterocycles. The van der Waals surface area contributed by atoms with Crippen molar-refractivity contribution in [2.45, 2.75) is 45.7 Å². The molecule has 0 unspecified atom stereocenters. The van der Waals surface area contributed by atoms with E-state index in [9.17, 15) is 4.39 Å². The van der Waals surface area contributed by atoms with Gasteiger partial charge in [0.1, 0.15) is 17.3 Å². The lowest BCUT2D eigenvalue weighted by Crippen LogP contribution is -2.42. The Bertz CT molecular complexity index is 1420. The SMILES string of the molecule is Cc1cc(-c2nc(Nc3ccc(CN4CCNCC4)cn3)ncc2F)cc2c1nc1n2C(C)(C)CC1. The maximum absolute atomic E-state index is 15.0. The maximum Gasteiger partial charge on any atom is 0.229 e. The van der Waals surface area contributed by atoms with E-state index in [1.165, 1.54) is 6.20 Å². The summed E-state index contributed by atoms with van der Waals surface area (Å²) in [5.74, 6) is 1.57. The van der Waals surface area contributed by atoms with Gasteiger partial charge in [0.15, 0.2) is 5.82 Å². The molecule has 2 aliphatic heterocycles. The van der Waals surface area contributed by atoms with Gasteiger partial charge in [0.05, 0.1) is 17.2 Å². The number of imidazole rings is 1. The van der Waals surface area contributed by atoms with Crippen molar-refractivity contribution in [3.05, 3.63) is 59.4 Å². The second kappa shape index (κ2) is 8.90. The first-order valence-corrected chi connectivity index (χ1v) is 12.6. The van der Waals surface area contributed by atoms with Crippen LogP contribution in [0.15, 0.2) is 36.7 Å². The van der Waals surface area contributed by atoms with Gasteiger partial charge < -0.3 is 15.2 Å². The van der Waals surface area contributed by atoms with Gasteiger partial charge in [-0.1, -0.05) is 6.07 Å². The maximum atomic E-state index is 15.0. The first-order valence-electron chi connectivity index (χ1n) is 12.6. The Labute approximate surface area is 210 Å². The highest BCUT2D eigenvalue weighted by Gasteiger charge is 2.32. The zero-order valence-electron chi connectivity index (χ0n) is 21.0. The fourth-order valence-corrected chi connectivity index (χ4v) is 5.37. The molecule has 0 bridgehead atoms. The first kappa shape index (κ1) is 23.0. The van der Waals surface area contributed by atoms with Crippen LogP contribution in [0.5, 0.6) is 0 Å². The molecule has 0 radical (unpaired) electrons. The van der Waals surface area contributed by atoms with E-state index >= 15 is 0 Å². The monoisotopic (exact) mass is 486 g/mol. The molecule has 8 nitrogen and oxygen atoms in total. The van der Waals surface area contributed by atoms with Crippen molar-refractivity contribution in [3.8, 4) is 11.3 Å². The van der Waals surface area contributed by atoms with E-state index in [4.69, 9.17) is 4.98 Å². The third kappa shape index (κ3) is 4.22. The van der Waals surface area contributed by atoms with E-state index in [0.717, 1.165) is 73.6 Å². The van der Waals surface area contributed by atoms with Crippen LogP contribution in [0.25, 0.3) is 22.3 Å². The fraction of sp³-hybridized carbons (Fsp3) is 0.407. The molecule has 3 aromatic heterocycles. The largest absolute Gasteiger partial charge is 0.322 e. The molecule has 0 aliphatic carbocycles. The number of piperazine rings is 1. The van der Waals surface area contributed by atoms with Gasteiger partial charge in [-0.05, 0) is 56.5 Å². The van der Waals surface area contributed by atoms with E-state index in [1.807, 2.05) is 31.3 Å². The fourth-order valence-electron chi connectivity index (χ4n) is 5.37. The molecule has 0 saturated carbocycles. The molecule has 186 valence electrons. The molecule has 6 rings (SSSR count). The lowest BCUT2D eigenvalue weighted by molar-refractivity contribution is 0.233. The molecular weight excluding hydrogens is 455 g/mol. The minimum Gasteiger partial charge on any atom is -0.322 e. The number of hydrogen-bond donors (Lipinski definition) is 2. The lowest BCUT2D eigenvalue weighted by Gasteiger charge is -2.27. The Kier molecular flexibility index (Phi) is 5.69. The third-order valence-corrected chi connectivity index (χ3v) is 7.28. The van der Waals surface area contributed by atoms with Crippen LogP contribution in [0.2, 0.25) is 0 Å². The quantitative estimate of drug-likeness (QED) is 0.438. The molecular formula is C27H31FN8. The van der Waals surface area contributed by atoms with Gasteiger partial charge in [-0.25, -0.2) is 24.3 Å². The van der Waals surface area contributed by atoms with Crippen molar-refractivity contribution in [1.29, 1.82) is 0 Å². The van der Waals surface area contributed by atoms with Gasteiger partial charge in [-0.3, -0.25) is 4.90 Å². The highest BCUT2D eigenvalue weighted by Crippen LogP contribution is 2.38. The summed E-state index contributed by atoms with van der Waals surface area (Å²) >= 11 is 0. The average molecular weight is 487 g/mol.